The largest absolute Gasteiger partial charge is 0.465 e. The third-order valence-electron chi connectivity index (χ3n) is 5.98. The number of anilines is 2. The van der Waals surface area contributed by atoms with E-state index in [0.29, 0.717) is 11.7 Å². The first kappa shape index (κ1) is 22.9. The number of nitrogens with one attached hydrogen (secondary N) is 1. The molecule has 3 aromatic rings. The van der Waals surface area contributed by atoms with Gasteiger partial charge in [0.1, 0.15) is 24.0 Å². The molecule has 1 aromatic carbocycles. The van der Waals surface area contributed by atoms with Crippen molar-refractivity contribution in [2.24, 2.45) is 0 Å². The lowest BCUT2D eigenvalue weighted by molar-refractivity contribution is 0.271. The minimum Gasteiger partial charge on any atom is -0.465 e. The molecule has 0 unspecified atom stereocenters. The fraction of sp³-hybridized carbons (Fsp3) is 0.286. The predicted molar refractivity (Wildman–Crippen MR) is 139 cm³/mol. The van der Waals surface area contributed by atoms with E-state index in [1.54, 1.807) is 17.0 Å². The lowest BCUT2D eigenvalue weighted by Gasteiger charge is -2.18. The molecule has 0 spiro atoms. The van der Waals surface area contributed by atoms with Gasteiger partial charge in [-0.15, -0.1) is 5.10 Å². The Balaban J connectivity index is 1.30. The van der Waals surface area contributed by atoms with Crippen molar-refractivity contribution in [1.82, 2.24) is 19.5 Å². The van der Waals surface area contributed by atoms with Crippen LogP contribution >= 0.6 is 0 Å². The van der Waals surface area contributed by atoms with Crippen LogP contribution in [-0.4, -0.2) is 40.1 Å². The number of rotatable bonds is 9. The summed E-state index contributed by atoms with van der Waals surface area (Å²) in [6.07, 6.45) is 14.7. The van der Waals surface area contributed by atoms with E-state index in [1.165, 1.54) is 11.1 Å². The molecule has 1 N–H and O–H groups in total. The van der Waals surface area contributed by atoms with E-state index in [9.17, 15) is 0 Å². The zero-order chi connectivity index (χ0) is 24.0. The first-order chi connectivity index (χ1) is 17.1. The van der Waals surface area contributed by atoms with Gasteiger partial charge in [0.05, 0.1) is 0 Å². The van der Waals surface area contributed by atoms with Gasteiger partial charge in [-0.25, -0.2) is 4.52 Å². The fourth-order valence-corrected chi connectivity index (χ4v) is 4.25. The molecule has 5 rings (SSSR count). The van der Waals surface area contributed by atoms with Crippen LogP contribution in [0.15, 0.2) is 84.5 Å². The number of hydrogen-bond donors (Lipinski definition) is 1. The van der Waals surface area contributed by atoms with Gasteiger partial charge in [-0.1, -0.05) is 42.0 Å². The predicted octanol–water partition coefficient (Wildman–Crippen LogP) is 5.82. The molecular formula is C28H31N5O2. The van der Waals surface area contributed by atoms with Gasteiger partial charge in [-0.2, -0.15) is 4.98 Å². The topological polar surface area (TPSA) is 63.9 Å². The number of pyridine rings is 1. The average molecular weight is 470 g/mol. The van der Waals surface area contributed by atoms with E-state index in [0.717, 1.165) is 61.4 Å². The number of aryl methyl sites for hydroxylation is 1. The van der Waals surface area contributed by atoms with Crippen molar-refractivity contribution >= 4 is 23.0 Å². The van der Waals surface area contributed by atoms with Crippen LogP contribution in [0, 0.1) is 0 Å². The summed E-state index contributed by atoms with van der Waals surface area (Å²) in [5, 5.41) is 8.07. The number of nitrogens with zero attached hydrogens (tertiary/aromatic N) is 4. The molecule has 7 heteroatoms. The third kappa shape index (κ3) is 5.81. The lowest BCUT2D eigenvalue weighted by Crippen LogP contribution is -2.13. The Morgan fingerprint density at radius 2 is 2.03 bits per heavy atom. The molecule has 180 valence electrons. The fourth-order valence-electron chi connectivity index (χ4n) is 4.25. The second-order valence-electron chi connectivity index (χ2n) is 9.12. The van der Waals surface area contributed by atoms with Gasteiger partial charge in [0.15, 0.2) is 11.4 Å². The second kappa shape index (κ2) is 10.6. The van der Waals surface area contributed by atoms with E-state index >= 15 is 0 Å². The molecule has 1 aliphatic heterocycles. The summed E-state index contributed by atoms with van der Waals surface area (Å²) in [6, 6.07) is 14.3. The number of aromatic nitrogens is 3. The molecular weight excluding hydrogens is 438 g/mol. The van der Waals surface area contributed by atoms with Crippen LogP contribution in [0.5, 0.6) is 0 Å². The maximum absolute atomic E-state index is 6.20. The highest BCUT2D eigenvalue weighted by atomic mass is 16.5. The smallest absolute Gasteiger partial charge is 0.247 e. The summed E-state index contributed by atoms with van der Waals surface area (Å²) >= 11 is 0. The van der Waals surface area contributed by atoms with Crippen molar-refractivity contribution < 1.29 is 9.47 Å². The minimum absolute atomic E-state index is 0.537. The molecule has 7 nitrogen and oxygen atoms in total. The third-order valence-corrected chi connectivity index (χ3v) is 5.98. The molecule has 0 atom stereocenters. The van der Waals surface area contributed by atoms with Crippen molar-refractivity contribution in [2.45, 2.75) is 32.1 Å². The Hall–Kier alpha value is -3.84. The molecule has 3 heterocycles. The summed E-state index contributed by atoms with van der Waals surface area (Å²) in [5.41, 5.74) is 5.11. The van der Waals surface area contributed by atoms with E-state index in [-0.39, 0.29) is 0 Å². The number of fused-ring (bicyclic) bond motifs is 1. The van der Waals surface area contributed by atoms with Gasteiger partial charge in [0.25, 0.3) is 0 Å². The zero-order valence-corrected chi connectivity index (χ0v) is 20.3. The van der Waals surface area contributed by atoms with Crippen molar-refractivity contribution in [3.05, 3.63) is 95.8 Å². The molecule has 0 saturated heterocycles. The first-order valence-electron chi connectivity index (χ1n) is 12.1. The van der Waals surface area contributed by atoms with Crippen LogP contribution in [0.2, 0.25) is 0 Å². The number of benzene rings is 1. The van der Waals surface area contributed by atoms with Gasteiger partial charge in [0, 0.05) is 12.1 Å². The number of allylic oxidation sites excluding steroid dienone is 4. The standard InChI is InChI=1S/C28H31N5O2/c1-32(2)16-8-12-21-11-6-13-23(17-21)29-28-30-27-15-7-14-25(33(27)31-28)26-20-34-19-24(35-26)18-22-9-4-3-5-10-22/h3-4,6-7,9,11,13-15,17,19-20H,5,8,10,12,16,18H2,1-2H3,(H,29,31). The number of hydrogen-bond acceptors (Lipinski definition) is 6. The molecule has 1 aliphatic carbocycles. The van der Waals surface area contributed by atoms with E-state index in [2.05, 4.69) is 65.7 Å². The van der Waals surface area contributed by atoms with Crippen molar-refractivity contribution in [3.63, 3.8) is 0 Å². The van der Waals surface area contributed by atoms with E-state index in [4.69, 9.17) is 14.6 Å². The second-order valence-corrected chi connectivity index (χ2v) is 9.12. The van der Waals surface area contributed by atoms with Gasteiger partial charge in [-0.3, -0.25) is 0 Å². The van der Waals surface area contributed by atoms with Crippen LogP contribution in [0.4, 0.5) is 11.6 Å². The summed E-state index contributed by atoms with van der Waals surface area (Å²) < 4.78 is 13.6. The lowest BCUT2D eigenvalue weighted by atomic mass is 10.0. The van der Waals surface area contributed by atoms with Crippen molar-refractivity contribution in [3.8, 4) is 0 Å². The monoisotopic (exact) mass is 469 g/mol. The first-order valence-corrected chi connectivity index (χ1v) is 12.1. The summed E-state index contributed by atoms with van der Waals surface area (Å²) in [7, 11) is 4.20. The maximum Gasteiger partial charge on any atom is 0.247 e. The summed E-state index contributed by atoms with van der Waals surface area (Å²) in [6.45, 7) is 1.07. The quantitative estimate of drug-likeness (QED) is 0.426. The van der Waals surface area contributed by atoms with Gasteiger partial charge < -0.3 is 19.7 Å². The average Bonchev–Trinajstić information content (AvgIpc) is 3.27. The Morgan fingerprint density at radius 3 is 2.89 bits per heavy atom. The van der Waals surface area contributed by atoms with Crippen molar-refractivity contribution in [2.75, 3.05) is 26.0 Å². The normalized spacial score (nSPS) is 15.3. The van der Waals surface area contributed by atoms with Crippen LogP contribution in [0.3, 0.4) is 0 Å². The molecule has 35 heavy (non-hydrogen) atoms. The molecule has 2 aliphatic rings. The number of ether oxygens (including phenoxy) is 2. The molecule has 0 radical (unpaired) electrons. The highest BCUT2D eigenvalue weighted by molar-refractivity contribution is 5.63. The molecule has 0 fully saturated rings. The Kier molecular flexibility index (Phi) is 6.95. The van der Waals surface area contributed by atoms with Crippen LogP contribution < -0.4 is 5.32 Å². The van der Waals surface area contributed by atoms with E-state index < -0.39 is 0 Å². The summed E-state index contributed by atoms with van der Waals surface area (Å²) in [5.74, 6) is 1.93. The van der Waals surface area contributed by atoms with Crippen LogP contribution in [0.1, 0.15) is 36.9 Å². The SMILES string of the molecule is CN(C)CCCc1cccc(Nc2nc3cccc(C4=COC=C(CC5=CC=CCC5)O4)n3n2)c1. The molecule has 0 saturated carbocycles. The van der Waals surface area contributed by atoms with Gasteiger partial charge in [0.2, 0.25) is 5.95 Å². The van der Waals surface area contributed by atoms with Crippen molar-refractivity contribution in [1.29, 1.82) is 0 Å². The Bertz CT molecular complexity index is 1320. The van der Waals surface area contributed by atoms with Crippen LogP contribution in [0.25, 0.3) is 11.4 Å². The Labute approximate surface area is 206 Å². The molecule has 0 amide bonds. The minimum atomic E-state index is 0.537. The zero-order valence-electron chi connectivity index (χ0n) is 20.3. The Morgan fingerprint density at radius 1 is 1.11 bits per heavy atom. The molecule has 2 aromatic heterocycles. The van der Waals surface area contributed by atoms with Gasteiger partial charge >= 0.3 is 0 Å². The highest BCUT2D eigenvalue weighted by Gasteiger charge is 2.18. The van der Waals surface area contributed by atoms with Gasteiger partial charge in [-0.05, 0) is 76.2 Å². The maximum atomic E-state index is 6.20. The highest BCUT2D eigenvalue weighted by Crippen LogP contribution is 2.29. The molecule has 0 bridgehead atoms. The van der Waals surface area contributed by atoms with E-state index in [1.807, 2.05) is 24.3 Å². The van der Waals surface area contributed by atoms with Crippen LogP contribution in [-0.2, 0) is 15.9 Å². The summed E-state index contributed by atoms with van der Waals surface area (Å²) in [4.78, 5) is 6.88.